The predicted octanol–water partition coefficient (Wildman–Crippen LogP) is 2.02. The van der Waals surface area contributed by atoms with Crippen LogP contribution in [0.5, 0.6) is 0 Å². The average molecular weight is 212 g/mol. The number of hydrogen-bond acceptors (Lipinski definition) is 3. The molecule has 0 radical (unpaired) electrons. The Morgan fingerprint density at radius 2 is 2.13 bits per heavy atom. The minimum absolute atomic E-state index is 0.0792. The Bertz CT molecular complexity index is 270. The number of rotatable bonds is 4. The van der Waals surface area contributed by atoms with E-state index in [1.807, 2.05) is 20.8 Å². The average Bonchev–Trinajstić information content (AvgIpc) is 2.38. The first-order valence-electron chi connectivity index (χ1n) is 5.13. The molecule has 1 aliphatic rings. The Morgan fingerprint density at radius 1 is 1.53 bits per heavy atom. The lowest BCUT2D eigenvalue weighted by Crippen LogP contribution is -2.42. The lowest BCUT2D eigenvalue weighted by atomic mass is 9.86. The maximum absolute atomic E-state index is 9.33. The van der Waals surface area contributed by atoms with E-state index in [1.54, 1.807) is 6.08 Å². The Balaban J connectivity index is 3.05. The summed E-state index contributed by atoms with van der Waals surface area (Å²) in [4.78, 5) is 0. The molecule has 0 aromatic rings. The van der Waals surface area contributed by atoms with E-state index in [4.69, 9.17) is 9.47 Å². The van der Waals surface area contributed by atoms with E-state index in [0.717, 1.165) is 5.57 Å². The Morgan fingerprint density at radius 3 is 2.53 bits per heavy atom. The highest BCUT2D eigenvalue weighted by Gasteiger charge is 2.52. The van der Waals surface area contributed by atoms with Gasteiger partial charge in [0.2, 0.25) is 0 Å². The third kappa shape index (κ3) is 2.14. The van der Waals surface area contributed by atoms with Crippen molar-refractivity contribution < 1.29 is 14.6 Å². The van der Waals surface area contributed by atoms with Gasteiger partial charge in [-0.15, -0.1) is 6.58 Å². The van der Waals surface area contributed by atoms with Gasteiger partial charge >= 0.3 is 0 Å². The molecule has 1 heterocycles. The fourth-order valence-electron chi connectivity index (χ4n) is 2.07. The van der Waals surface area contributed by atoms with E-state index >= 15 is 0 Å². The largest absolute Gasteiger partial charge is 0.394 e. The fourth-order valence-corrected chi connectivity index (χ4v) is 2.07. The molecular formula is C12H20O3. The summed E-state index contributed by atoms with van der Waals surface area (Å²) in [5, 5.41) is 9.33. The van der Waals surface area contributed by atoms with Gasteiger partial charge in [0.25, 0.3) is 0 Å². The van der Waals surface area contributed by atoms with Gasteiger partial charge in [0.1, 0.15) is 11.7 Å². The zero-order valence-corrected chi connectivity index (χ0v) is 9.75. The number of aliphatic hydroxyl groups excluding tert-OH is 1. The van der Waals surface area contributed by atoms with Gasteiger partial charge in [0.15, 0.2) is 5.79 Å². The summed E-state index contributed by atoms with van der Waals surface area (Å²) in [5.41, 5.74) is 0.215. The minimum atomic E-state index is -0.685. The van der Waals surface area contributed by atoms with E-state index in [2.05, 4.69) is 13.2 Å². The molecule has 0 unspecified atom stereocenters. The van der Waals surface area contributed by atoms with Crippen LogP contribution in [0.3, 0.4) is 0 Å². The molecule has 1 N–H and O–H groups in total. The van der Waals surface area contributed by atoms with E-state index in [9.17, 15) is 5.11 Å². The second kappa shape index (κ2) is 4.08. The molecule has 0 amide bonds. The molecule has 0 bridgehead atoms. The van der Waals surface area contributed by atoms with Crippen molar-refractivity contribution in [3.63, 3.8) is 0 Å². The highest BCUT2D eigenvalue weighted by molar-refractivity contribution is 5.19. The third-order valence-corrected chi connectivity index (χ3v) is 2.71. The van der Waals surface area contributed by atoms with Crippen molar-refractivity contribution in [1.82, 2.24) is 0 Å². The topological polar surface area (TPSA) is 38.7 Å². The van der Waals surface area contributed by atoms with Gasteiger partial charge in [0, 0.05) is 6.42 Å². The normalized spacial score (nSPS) is 34.0. The van der Waals surface area contributed by atoms with Crippen LogP contribution in [0.4, 0.5) is 0 Å². The van der Waals surface area contributed by atoms with Crippen LogP contribution in [-0.4, -0.2) is 29.2 Å². The summed E-state index contributed by atoms with van der Waals surface area (Å²) in [6, 6.07) is 0. The van der Waals surface area contributed by atoms with Gasteiger partial charge in [-0.05, 0) is 26.3 Å². The maximum atomic E-state index is 9.33. The molecule has 3 heteroatoms. The molecule has 86 valence electrons. The van der Waals surface area contributed by atoms with Crippen LogP contribution in [0.1, 0.15) is 27.2 Å². The smallest absolute Gasteiger partial charge is 0.164 e. The van der Waals surface area contributed by atoms with Crippen molar-refractivity contribution in [1.29, 1.82) is 0 Å². The van der Waals surface area contributed by atoms with Gasteiger partial charge in [-0.3, -0.25) is 0 Å². The molecule has 0 aromatic carbocycles. The molecular weight excluding hydrogens is 192 g/mol. The van der Waals surface area contributed by atoms with Gasteiger partial charge in [0.05, 0.1) is 6.61 Å². The van der Waals surface area contributed by atoms with Crippen LogP contribution in [0.25, 0.3) is 0 Å². The zero-order chi connectivity index (χ0) is 11.7. The number of hydrogen-bond donors (Lipinski definition) is 1. The van der Waals surface area contributed by atoms with Crippen LogP contribution >= 0.6 is 0 Å². The molecule has 0 spiro atoms. The molecule has 0 aromatic heterocycles. The SMILES string of the molecule is C=CC[C@]1(C(=C)C)OC(C)(C)O[C@@H]1CO. The third-order valence-electron chi connectivity index (χ3n) is 2.71. The van der Waals surface area contributed by atoms with Crippen molar-refractivity contribution >= 4 is 0 Å². The lowest BCUT2D eigenvalue weighted by molar-refractivity contribution is -0.158. The fraction of sp³-hybridized carbons (Fsp3) is 0.667. The molecule has 2 atom stereocenters. The minimum Gasteiger partial charge on any atom is -0.394 e. The Hall–Kier alpha value is -0.640. The number of aliphatic hydroxyl groups is 1. The van der Waals surface area contributed by atoms with Gasteiger partial charge in [-0.2, -0.15) is 0 Å². The summed E-state index contributed by atoms with van der Waals surface area (Å²) in [6.45, 7) is 13.1. The van der Waals surface area contributed by atoms with Gasteiger partial charge < -0.3 is 14.6 Å². The van der Waals surface area contributed by atoms with E-state index < -0.39 is 11.4 Å². The molecule has 1 rings (SSSR count). The Kier molecular flexibility index (Phi) is 3.38. The van der Waals surface area contributed by atoms with Crippen molar-refractivity contribution in [3.8, 4) is 0 Å². The lowest BCUT2D eigenvalue weighted by Gasteiger charge is -2.32. The molecule has 1 fully saturated rings. The summed E-state index contributed by atoms with van der Waals surface area (Å²) in [6.07, 6.45) is 1.99. The second-order valence-electron chi connectivity index (χ2n) is 4.45. The van der Waals surface area contributed by atoms with Crippen LogP contribution in [0.15, 0.2) is 24.8 Å². The Labute approximate surface area is 91.4 Å². The van der Waals surface area contributed by atoms with Crippen LogP contribution in [-0.2, 0) is 9.47 Å². The van der Waals surface area contributed by atoms with E-state index in [-0.39, 0.29) is 12.7 Å². The summed E-state index contributed by atoms with van der Waals surface area (Å²) in [7, 11) is 0. The molecule has 1 aliphatic heterocycles. The van der Waals surface area contributed by atoms with Crippen molar-refractivity contribution in [2.45, 2.75) is 44.7 Å². The molecule has 1 saturated heterocycles. The molecule has 0 aliphatic carbocycles. The van der Waals surface area contributed by atoms with Crippen molar-refractivity contribution in [2.24, 2.45) is 0 Å². The molecule has 15 heavy (non-hydrogen) atoms. The highest BCUT2D eigenvalue weighted by Crippen LogP contribution is 2.42. The van der Waals surface area contributed by atoms with Gasteiger partial charge in [-0.1, -0.05) is 12.7 Å². The van der Waals surface area contributed by atoms with E-state index in [0.29, 0.717) is 6.42 Å². The molecule has 3 nitrogen and oxygen atoms in total. The standard InChI is InChI=1S/C12H20O3/c1-6-7-12(9(2)3)10(8-13)14-11(4,5)15-12/h6,10,13H,1-2,7-8H2,3-5H3/t10-,12-/m1/s1. The first-order valence-corrected chi connectivity index (χ1v) is 5.13. The predicted molar refractivity (Wildman–Crippen MR) is 59.5 cm³/mol. The van der Waals surface area contributed by atoms with Crippen molar-refractivity contribution in [2.75, 3.05) is 6.61 Å². The molecule has 0 saturated carbocycles. The first kappa shape index (κ1) is 12.4. The number of ether oxygens (including phenoxy) is 2. The van der Waals surface area contributed by atoms with Crippen molar-refractivity contribution in [3.05, 3.63) is 24.8 Å². The maximum Gasteiger partial charge on any atom is 0.164 e. The second-order valence-corrected chi connectivity index (χ2v) is 4.45. The first-order chi connectivity index (χ1) is 6.88. The van der Waals surface area contributed by atoms with Crippen LogP contribution in [0, 0.1) is 0 Å². The summed E-state index contributed by atoms with van der Waals surface area (Å²) < 4.78 is 11.5. The highest BCUT2D eigenvalue weighted by atomic mass is 16.8. The monoisotopic (exact) mass is 212 g/mol. The quantitative estimate of drug-likeness (QED) is 0.725. The van der Waals surface area contributed by atoms with E-state index in [1.165, 1.54) is 0 Å². The van der Waals surface area contributed by atoms with Crippen LogP contribution < -0.4 is 0 Å². The van der Waals surface area contributed by atoms with Crippen LogP contribution in [0.2, 0.25) is 0 Å². The summed E-state index contributed by atoms with van der Waals surface area (Å²) in [5.74, 6) is -0.685. The summed E-state index contributed by atoms with van der Waals surface area (Å²) >= 11 is 0. The zero-order valence-electron chi connectivity index (χ0n) is 9.75. The van der Waals surface area contributed by atoms with Gasteiger partial charge in [-0.25, -0.2) is 0 Å².